The molecule has 5 heteroatoms. The van der Waals surface area contributed by atoms with E-state index in [-0.39, 0.29) is 5.91 Å². The van der Waals surface area contributed by atoms with Gasteiger partial charge in [-0.15, -0.1) is 0 Å². The average molecular weight is 330 g/mol. The number of carbonyl (C=O) groups excluding carboxylic acids is 1. The van der Waals surface area contributed by atoms with Gasteiger partial charge in [0.25, 0.3) is 5.91 Å². The summed E-state index contributed by atoms with van der Waals surface area (Å²) in [4.78, 5) is 16.3. The van der Waals surface area contributed by atoms with Gasteiger partial charge in [0, 0.05) is 23.3 Å². The fourth-order valence-corrected chi connectivity index (χ4v) is 2.48. The number of pyridine rings is 1. The summed E-state index contributed by atoms with van der Waals surface area (Å²) in [6.07, 6.45) is 3.99. The molecule has 0 bridgehead atoms. The third kappa shape index (κ3) is 2.63. The number of aromatic nitrogens is 1. The SMILES string of the molecule is O=C(c1cncc(Br)c1)N1CCC(c2ccccc2)=N1. The number of halogens is 1. The summed E-state index contributed by atoms with van der Waals surface area (Å²) in [6, 6.07) is 11.7. The lowest BCUT2D eigenvalue weighted by Gasteiger charge is -2.10. The number of hydrogen-bond acceptors (Lipinski definition) is 3. The summed E-state index contributed by atoms with van der Waals surface area (Å²) >= 11 is 3.32. The molecule has 1 amide bonds. The molecule has 0 unspecified atom stereocenters. The molecule has 0 saturated carbocycles. The van der Waals surface area contributed by atoms with Crippen LogP contribution in [0, 0.1) is 0 Å². The molecule has 0 aliphatic carbocycles. The standard InChI is InChI=1S/C15H12BrN3O/c16-13-8-12(9-17-10-13)15(20)19-7-6-14(18-19)11-4-2-1-3-5-11/h1-5,8-10H,6-7H2. The zero-order valence-corrected chi connectivity index (χ0v) is 12.2. The van der Waals surface area contributed by atoms with Crippen LogP contribution in [0.3, 0.4) is 0 Å². The summed E-state index contributed by atoms with van der Waals surface area (Å²) in [5.74, 6) is -0.121. The minimum atomic E-state index is -0.121. The van der Waals surface area contributed by atoms with Gasteiger partial charge < -0.3 is 0 Å². The van der Waals surface area contributed by atoms with Gasteiger partial charge in [0.05, 0.1) is 17.8 Å². The summed E-state index contributed by atoms with van der Waals surface area (Å²) < 4.78 is 0.787. The van der Waals surface area contributed by atoms with Crippen molar-refractivity contribution in [2.24, 2.45) is 5.10 Å². The van der Waals surface area contributed by atoms with E-state index in [1.165, 1.54) is 5.01 Å². The molecule has 1 aromatic heterocycles. The summed E-state index contributed by atoms with van der Waals surface area (Å²) in [7, 11) is 0. The van der Waals surface area contributed by atoms with E-state index < -0.39 is 0 Å². The first-order valence-corrected chi connectivity index (χ1v) is 7.08. The topological polar surface area (TPSA) is 45.6 Å². The average Bonchev–Trinajstić information content (AvgIpc) is 2.97. The minimum Gasteiger partial charge on any atom is -0.267 e. The van der Waals surface area contributed by atoms with Gasteiger partial charge in [-0.25, -0.2) is 5.01 Å². The second-order valence-electron chi connectivity index (χ2n) is 4.48. The maximum absolute atomic E-state index is 12.3. The molecular formula is C15H12BrN3O. The molecule has 0 radical (unpaired) electrons. The smallest absolute Gasteiger partial charge is 0.267 e. The van der Waals surface area contributed by atoms with E-state index in [1.807, 2.05) is 30.3 Å². The van der Waals surface area contributed by atoms with E-state index in [4.69, 9.17) is 0 Å². The number of rotatable bonds is 2. The Balaban J connectivity index is 1.83. The van der Waals surface area contributed by atoms with Crippen molar-refractivity contribution in [3.63, 3.8) is 0 Å². The van der Waals surface area contributed by atoms with Crippen LogP contribution in [-0.2, 0) is 0 Å². The first-order valence-electron chi connectivity index (χ1n) is 6.29. The Labute approximate surface area is 125 Å². The molecule has 100 valence electrons. The molecule has 0 spiro atoms. The van der Waals surface area contributed by atoms with Crippen molar-refractivity contribution in [3.8, 4) is 0 Å². The Morgan fingerprint density at radius 3 is 2.75 bits per heavy atom. The van der Waals surface area contributed by atoms with Crippen molar-refractivity contribution in [1.82, 2.24) is 9.99 Å². The first-order chi connectivity index (χ1) is 9.74. The Morgan fingerprint density at radius 2 is 2.00 bits per heavy atom. The van der Waals surface area contributed by atoms with E-state index in [2.05, 4.69) is 26.0 Å². The van der Waals surface area contributed by atoms with Gasteiger partial charge in [0.1, 0.15) is 0 Å². The van der Waals surface area contributed by atoms with Crippen LogP contribution in [0.1, 0.15) is 22.3 Å². The Morgan fingerprint density at radius 1 is 1.20 bits per heavy atom. The molecule has 3 rings (SSSR count). The predicted molar refractivity (Wildman–Crippen MR) is 80.6 cm³/mol. The van der Waals surface area contributed by atoms with Crippen molar-refractivity contribution in [1.29, 1.82) is 0 Å². The van der Waals surface area contributed by atoms with Gasteiger partial charge in [0.2, 0.25) is 0 Å². The summed E-state index contributed by atoms with van der Waals surface area (Å²) in [5.41, 5.74) is 2.55. The predicted octanol–water partition coefficient (Wildman–Crippen LogP) is 3.09. The van der Waals surface area contributed by atoms with Crippen LogP contribution in [-0.4, -0.2) is 28.2 Å². The van der Waals surface area contributed by atoms with Crippen LogP contribution in [0.25, 0.3) is 0 Å². The number of hydrazone groups is 1. The van der Waals surface area contributed by atoms with Crippen molar-refractivity contribution in [3.05, 3.63) is 64.4 Å². The lowest BCUT2D eigenvalue weighted by molar-refractivity contribution is 0.0778. The molecule has 0 N–H and O–H groups in total. The Hall–Kier alpha value is -2.01. The third-order valence-electron chi connectivity index (χ3n) is 3.10. The summed E-state index contributed by atoms with van der Waals surface area (Å²) in [5, 5.41) is 5.93. The van der Waals surface area contributed by atoms with Crippen LogP contribution in [0.2, 0.25) is 0 Å². The van der Waals surface area contributed by atoms with E-state index >= 15 is 0 Å². The molecule has 0 fully saturated rings. The molecule has 20 heavy (non-hydrogen) atoms. The molecular weight excluding hydrogens is 318 g/mol. The molecule has 1 aliphatic rings. The van der Waals surface area contributed by atoms with Crippen molar-refractivity contribution >= 4 is 27.5 Å². The minimum absolute atomic E-state index is 0.121. The largest absolute Gasteiger partial charge is 0.275 e. The number of carbonyl (C=O) groups is 1. The molecule has 1 aromatic carbocycles. The van der Waals surface area contributed by atoms with Crippen LogP contribution in [0.4, 0.5) is 0 Å². The van der Waals surface area contributed by atoms with Gasteiger partial charge in [-0.1, -0.05) is 30.3 Å². The molecule has 0 saturated heterocycles. The van der Waals surface area contributed by atoms with Gasteiger partial charge >= 0.3 is 0 Å². The molecule has 2 aromatic rings. The Kier molecular flexibility index (Phi) is 3.60. The number of amides is 1. The monoisotopic (exact) mass is 329 g/mol. The van der Waals surface area contributed by atoms with E-state index in [9.17, 15) is 4.79 Å². The number of hydrogen-bond donors (Lipinski definition) is 0. The zero-order chi connectivity index (χ0) is 13.9. The normalized spacial score (nSPS) is 14.2. The third-order valence-corrected chi connectivity index (χ3v) is 3.53. The highest BCUT2D eigenvalue weighted by atomic mass is 79.9. The fourth-order valence-electron chi connectivity index (χ4n) is 2.11. The highest BCUT2D eigenvalue weighted by Crippen LogP contribution is 2.17. The number of benzene rings is 1. The van der Waals surface area contributed by atoms with Gasteiger partial charge in [0.15, 0.2) is 0 Å². The molecule has 1 aliphatic heterocycles. The molecule has 2 heterocycles. The molecule has 0 atom stereocenters. The highest BCUT2D eigenvalue weighted by molar-refractivity contribution is 9.10. The molecule has 4 nitrogen and oxygen atoms in total. The summed E-state index contributed by atoms with van der Waals surface area (Å²) in [6.45, 7) is 0.607. The lowest BCUT2D eigenvalue weighted by atomic mass is 10.1. The van der Waals surface area contributed by atoms with E-state index in [0.29, 0.717) is 12.1 Å². The van der Waals surface area contributed by atoms with E-state index in [1.54, 1.807) is 18.5 Å². The van der Waals surface area contributed by atoms with Crippen LogP contribution in [0.15, 0.2) is 58.4 Å². The maximum atomic E-state index is 12.3. The van der Waals surface area contributed by atoms with Gasteiger partial charge in [-0.05, 0) is 27.6 Å². The van der Waals surface area contributed by atoms with Crippen LogP contribution < -0.4 is 0 Å². The van der Waals surface area contributed by atoms with Crippen LogP contribution >= 0.6 is 15.9 Å². The first kappa shape index (κ1) is 13.0. The Bertz CT molecular complexity index is 670. The fraction of sp³-hybridized carbons (Fsp3) is 0.133. The lowest BCUT2D eigenvalue weighted by Crippen LogP contribution is -2.23. The van der Waals surface area contributed by atoms with Crippen molar-refractivity contribution in [2.45, 2.75) is 6.42 Å². The maximum Gasteiger partial charge on any atom is 0.275 e. The zero-order valence-electron chi connectivity index (χ0n) is 10.7. The second-order valence-corrected chi connectivity index (χ2v) is 5.40. The van der Waals surface area contributed by atoms with Crippen molar-refractivity contribution < 1.29 is 4.79 Å². The van der Waals surface area contributed by atoms with Crippen molar-refractivity contribution in [2.75, 3.05) is 6.54 Å². The van der Waals surface area contributed by atoms with Gasteiger partial charge in [-0.3, -0.25) is 9.78 Å². The van der Waals surface area contributed by atoms with E-state index in [0.717, 1.165) is 22.2 Å². The second kappa shape index (κ2) is 5.54. The number of nitrogens with zero attached hydrogens (tertiary/aromatic N) is 3. The quantitative estimate of drug-likeness (QED) is 0.849. The highest BCUT2D eigenvalue weighted by Gasteiger charge is 2.22. The van der Waals surface area contributed by atoms with Crippen LogP contribution in [0.5, 0.6) is 0 Å². The van der Waals surface area contributed by atoms with Gasteiger partial charge in [-0.2, -0.15) is 5.10 Å².